The number of thioether (sulfide) groups is 1. The second kappa shape index (κ2) is 8.19. The van der Waals surface area contributed by atoms with Gasteiger partial charge >= 0.3 is 0 Å². The molecule has 1 N–H and O–H groups in total. The maximum atomic E-state index is 12.3. The molecule has 1 aromatic heterocycles. The zero-order valence-corrected chi connectivity index (χ0v) is 15.5. The Labute approximate surface area is 163 Å². The number of carbonyl (C=O) groups is 1. The van der Waals surface area contributed by atoms with E-state index in [1.54, 1.807) is 37.3 Å². The number of non-ortho nitro benzene ring substituents is 1. The Morgan fingerprint density at radius 2 is 2.04 bits per heavy atom. The Hall–Kier alpha value is -2.91. The minimum absolute atomic E-state index is 0.0765. The number of aromatic nitrogens is 2. The molecule has 0 bridgehead atoms. The van der Waals surface area contributed by atoms with Crippen LogP contribution in [0.15, 0.2) is 58.2 Å². The van der Waals surface area contributed by atoms with Gasteiger partial charge < -0.3 is 9.73 Å². The largest absolute Gasteiger partial charge is 0.411 e. The number of nitro groups is 1. The first kappa shape index (κ1) is 18.9. The number of amides is 1. The third-order valence-electron chi connectivity index (χ3n) is 3.49. The number of carbonyl (C=O) groups excluding carboxylic acids is 1. The van der Waals surface area contributed by atoms with Gasteiger partial charge in [-0.15, -0.1) is 10.2 Å². The van der Waals surface area contributed by atoms with Crippen molar-refractivity contribution in [3.05, 3.63) is 63.7 Å². The number of benzene rings is 2. The average Bonchev–Trinajstić information content (AvgIpc) is 3.12. The molecule has 0 fully saturated rings. The Bertz CT molecular complexity index is 994. The molecule has 0 spiro atoms. The van der Waals surface area contributed by atoms with Gasteiger partial charge in [-0.1, -0.05) is 41.6 Å². The van der Waals surface area contributed by atoms with Gasteiger partial charge in [-0.3, -0.25) is 14.9 Å². The van der Waals surface area contributed by atoms with E-state index in [4.69, 9.17) is 16.0 Å². The van der Waals surface area contributed by atoms with Crippen LogP contribution >= 0.6 is 23.4 Å². The number of hydrogen-bond donors (Lipinski definition) is 1. The first-order chi connectivity index (χ1) is 12.9. The van der Waals surface area contributed by atoms with E-state index in [2.05, 4.69) is 15.5 Å². The van der Waals surface area contributed by atoms with Crippen molar-refractivity contribution in [1.82, 2.24) is 10.2 Å². The second-order valence-corrected chi connectivity index (χ2v) is 7.11. The molecule has 1 heterocycles. The lowest BCUT2D eigenvalue weighted by molar-refractivity contribution is -0.384. The molecular weight excluding hydrogens is 392 g/mol. The van der Waals surface area contributed by atoms with Crippen LogP contribution in [0, 0.1) is 10.1 Å². The van der Waals surface area contributed by atoms with Crippen molar-refractivity contribution in [3.63, 3.8) is 0 Å². The molecule has 27 heavy (non-hydrogen) atoms. The summed E-state index contributed by atoms with van der Waals surface area (Å²) in [6, 6.07) is 12.8. The third-order valence-corrected chi connectivity index (χ3v) is 4.75. The Morgan fingerprint density at radius 3 is 2.78 bits per heavy atom. The van der Waals surface area contributed by atoms with Crippen molar-refractivity contribution in [2.24, 2.45) is 0 Å². The highest BCUT2D eigenvalue weighted by Gasteiger charge is 2.20. The maximum absolute atomic E-state index is 12.3. The third kappa shape index (κ3) is 4.63. The summed E-state index contributed by atoms with van der Waals surface area (Å²) in [6.07, 6.45) is 0. The number of nitrogens with zero attached hydrogens (tertiary/aromatic N) is 3. The van der Waals surface area contributed by atoms with Crippen LogP contribution < -0.4 is 5.32 Å². The predicted octanol–water partition coefficient (Wildman–Crippen LogP) is 4.42. The molecule has 1 atom stereocenters. The fraction of sp³-hybridized carbons (Fsp3) is 0.118. The van der Waals surface area contributed by atoms with E-state index in [0.29, 0.717) is 16.3 Å². The van der Waals surface area contributed by atoms with Crippen LogP contribution in [-0.4, -0.2) is 26.3 Å². The molecule has 0 saturated heterocycles. The van der Waals surface area contributed by atoms with Gasteiger partial charge in [0.05, 0.1) is 20.9 Å². The van der Waals surface area contributed by atoms with Crippen LogP contribution in [0.3, 0.4) is 0 Å². The quantitative estimate of drug-likeness (QED) is 0.367. The van der Waals surface area contributed by atoms with Gasteiger partial charge in [-0.2, -0.15) is 0 Å². The van der Waals surface area contributed by atoms with E-state index in [9.17, 15) is 14.9 Å². The minimum Gasteiger partial charge on any atom is -0.411 e. The summed E-state index contributed by atoms with van der Waals surface area (Å²) >= 11 is 7.10. The number of nitro benzene ring substituents is 1. The van der Waals surface area contributed by atoms with Gasteiger partial charge in [0.2, 0.25) is 11.8 Å². The molecule has 0 saturated carbocycles. The number of nitrogens with one attached hydrogen (secondary N) is 1. The van der Waals surface area contributed by atoms with E-state index in [1.165, 1.54) is 18.2 Å². The highest BCUT2D eigenvalue weighted by Crippen LogP contribution is 2.29. The Balaban J connectivity index is 1.68. The molecule has 3 aromatic rings. The molecule has 0 unspecified atom stereocenters. The summed E-state index contributed by atoms with van der Waals surface area (Å²) in [5.41, 5.74) is 0.864. The van der Waals surface area contributed by atoms with Gasteiger partial charge in [0.1, 0.15) is 0 Å². The highest BCUT2D eigenvalue weighted by molar-refractivity contribution is 8.00. The van der Waals surface area contributed by atoms with Crippen molar-refractivity contribution in [2.45, 2.75) is 17.4 Å². The monoisotopic (exact) mass is 404 g/mol. The lowest BCUT2D eigenvalue weighted by Gasteiger charge is -2.10. The van der Waals surface area contributed by atoms with Gasteiger partial charge in [0, 0.05) is 17.7 Å². The van der Waals surface area contributed by atoms with Crippen molar-refractivity contribution < 1.29 is 14.1 Å². The zero-order chi connectivity index (χ0) is 19.4. The molecule has 0 aliphatic carbocycles. The van der Waals surface area contributed by atoms with Crippen LogP contribution in [0.1, 0.15) is 6.92 Å². The standard InChI is InChI=1S/C17H13ClN4O4S/c1-10(15(23)19-14-8-3-2-7-13(14)18)27-17-21-20-16(26-17)11-5-4-6-12(9-11)22(24)25/h2-10H,1H3,(H,19,23)/t10-/m1/s1. The second-order valence-electron chi connectivity index (χ2n) is 5.41. The molecule has 138 valence electrons. The highest BCUT2D eigenvalue weighted by atomic mass is 35.5. The Morgan fingerprint density at radius 1 is 1.26 bits per heavy atom. The van der Waals surface area contributed by atoms with Crippen molar-refractivity contribution in [3.8, 4) is 11.5 Å². The van der Waals surface area contributed by atoms with Crippen LogP contribution in [0.5, 0.6) is 0 Å². The number of rotatable bonds is 6. The van der Waals surface area contributed by atoms with E-state index < -0.39 is 10.2 Å². The summed E-state index contributed by atoms with van der Waals surface area (Å²) in [5.74, 6) is -0.136. The Kier molecular flexibility index (Phi) is 5.72. The lowest BCUT2D eigenvalue weighted by atomic mass is 10.2. The first-order valence-electron chi connectivity index (χ1n) is 7.74. The normalized spacial score (nSPS) is 11.8. The van der Waals surface area contributed by atoms with Gasteiger partial charge in [-0.05, 0) is 25.1 Å². The van der Waals surface area contributed by atoms with Crippen LogP contribution in [0.4, 0.5) is 11.4 Å². The lowest BCUT2D eigenvalue weighted by Crippen LogP contribution is -2.22. The molecular formula is C17H13ClN4O4S. The van der Waals surface area contributed by atoms with Crippen LogP contribution in [-0.2, 0) is 4.79 Å². The molecule has 0 aliphatic rings. The molecule has 0 aliphatic heterocycles. The molecule has 1 amide bonds. The smallest absolute Gasteiger partial charge is 0.277 e. The number of hydrogen-bond acceptors (Lipinski definition) is 7. The van der Waals surface area contributed by atoms with E-state index >= 15 is 0 Å². The summed E-state index contributed by atoms with van der Waals surface area (Å²) in [5, 5.41) is 21.5. The predicted molar refractivity (Wildman–Crippen MR) is 102 cm³/mol. The molecule has 0 radical (unpaired) electrons. The summed E-state index contributed by atoms with van der Waals surface area (Å²) < 4.78 is 5.51. The minimum atomic E-state index is -0.528. The fourth-order valence-corrected chi connectivity index (χ4v) is 2.99. The molecule has 10 heteroatoms. The van der Waals surface area contributed by atoms with Crippen LogP contribution in [0.2, 0.25) is 5.02 Å². The number of para-hydroxylation sites is 1. The molecule has 8 nitrogen and oxygen atoms in total. The van der Waals surface area contributed by atoms with Crippen molar-refractivity contribution >= 4 is 40.6 Å². The summed E-state index contributed by atoms with van der Waals surface area (Å²) in [7, 11) is 0. The van der Waals surface area contributed by atoms with Gasteiger partial charge in [0.15, 0.2) is 0 Å². The number of anilines is 1. The summed E-state index contributed by atoms with van der Waals surface area (Å²) in [4.78, 5) is 22.7. The van der Waals surface area contributed by atoms with E-state index in [1.807, 2.05) is 0 Å². The average molecular weight is 405 g/mol. The topological polar surface area (TPSA) is 111 Å². The van der Waals surface area contributed by atoms with Crippen molar-refractivity contribution in [2.75, 3.05) is 5.32 Å². The molecule has 2 aromatic carbocycles. The van der Waals surface area contributed by atoms with Gasteiger partial charge in [-0.25, -0.2) is 0 Å². The summed E-state index contributed by atoms with van der Waals surface area (Å²) in [6.45, 7) is 1.69. The zero-order valence-electron chi connectivity index (χ0n) is 14.0. The van der Waals surface area contributed by atoms with Crippen molar-refractivity contribution in [1.29, 1.82) is 0 Å². The van der Waals surface area contributed by atoms with E-state index in [0.717, 1.165) is 11.8 Å². The first-order valence-corrected chi connectivity index (χ1v) is 9.00. The fourth-order valence-electron chi connectivity index (χ4n) is 2.13. The van der Waals surface area contributed by atoms with Gasteiger partial charge in [0.25, 0.3) is 10.9 Å². The van der Waals surface area contributed by atoms with Crippen LogP contribution in [0.25, 0.3) is 11.5 Å². The SMILES string of the molecule is C[C@@H](Sc1nnc(-c2cccc([N+](=O)[O-])c2)o1)C(=O)Nc1ccccc1Cl. The molecule has 3 rings (SSSR count). The van der Waals surface area contributed by atoms with E-state index in [-0.39, 0.29) is 22.7 Å². The number of halogens is 1. The maximum Gasteiger partial charge on any atom is 0.277 e.